The van der Waals surface area contributed by atoms with Crippen LogP contribution in [0.25, 0.3) is 5.69 Å². The molecule has 1 N–H and O–H groups in total. The van der Waals surface area contributed by atoms with Crippen molar-refractivity contribution in [1.29, 1.82) is 0 Å². The predicted octanol–water partition coefficient (Wildman–Crippen LogP) is 4.06. The minimum Gasteiger partial charge on any atom is -0.496 e. The van der Waals surface area contributed by atoms with Crippen LogP contribution in [0.1, 0.15) is 54.1 Å². The number of methoxy groups -OCH3 is 1. The smallest absolute Gasteiger partial charge is 0.251 e. The summed E-state index contributed by atoms with van der Waals surface area (Å²) in [5.74, 6) is 0.996. The normalized spacial score (nSPS) is 15.2. The molecule has 1 heterocycles. The van der Waals surface area contributed by atoms with E-state index in [4.69, 9.17) is 4.74 Å². The van der Waals surface area contributed by atoms with Crippen LogP contribution < -0.4 is 10.1 Å². The highest BCUT2D eigenvalue weighted by atomic mass is 16.5. The van der Waals surface area contributed by atoms with Gasteiger partial charge in [0.25, 0.3) is 5.91 Å². The Bertz CT molecular complexity index is 1050. The van der Waals surface area contributed by atoms with Crippen LogP contribution in [-0.2, 0) is 12.8 Å². The van der Waals surface area contributed by atoms with Gasteiger partial charge in [0.15, 0.2) is 0 Å². The lowest BCUT2D eigenvalue weighted by atomic mass is 9.86. The topological polar surface area (TPSA) is 72.3 Å². The van der Waals surface area contributed by atoms with Crippen LogP contribution in [0, 0.1) is 0 Å². The first-order valence-electron chi connectivity index (χ1n) is 12.3. The van der Waals surface area contributed by atoms with Crippen molar-refractivity contribution >= 4 is 5.91 Å². The molecule has 4 rings (SSSR count). The summed E-state index contributed by atoms with van der Waals surface area (Å²) in [6.07, 6.45) is 9.96. The van der Waals surface area contributed by atoms with Crippen molar-refractivity contribution in [3.8, 4) is 11.4 Å². The molecular weight excluding hydrogens is 426 g/mol. The molecule has 7 nitrogen and oxygen atoms in total. The molecule has 0 aliphatic heterocycles. The van der Waals surface area contributed by atoms with Crippen molar-refractivity contribution in [3.63, 3.8) is 0 Å². The van der Waals surface area contributed by atoms with Gasteiger partial charge < -0.3 is 15.0 Å². The van der Waals surface area contributed by atoms with E-state index in [1.807, 2.05) is 24.3 Å². The molecule has 3 aromatic rings. The summed E-state index contributed by atoms with van der Waals surface area (Å²) >= 11 is 0. The van der Waals surface area contributed by atoms with E-state index in [1.54, 1.807) is 24.2 Å². The Balaban J connectivity index is 1.22. The lowest BCUT2D eigenvalue weighted by molar-refractivity contribution is 0.0952. The Morgan fingerprint density at radius 3 is 2.76 bits per heavy atom. The number of nitrogens with one attached hydrogen (secondary N) is 1. The molecule has 0 radical (unpaired) electrons. The van der Waals surface area contributed by atoms with Gasteiger partial charge in [0.1, 0.15) is 5.75 Å². The first-order chi connectivity index (χ1) is 16.7. The summed E-state index contributed by atoms with van der Waals surface area (Å²) in [4.78, 5) is 15.1. The molecule has 1 unspecified atom stereocenters. The van der Waals surface area contributed by atoms with E-state index >= 15 is 0 Å². The van der Waals surface area contributed by atoms with Gasteiger partial charge in [-0.05, 0) is 93.1 Å². The minimum atomic E-state index is -0.0339. The van der Waals surface area contributed by atoms with E-state index in [0.29, 0.717) is 18.2 Å². The Morgan fingerprint density at radius 1 is 1.18 bits per heavy atom. The monoisotopic (exact) mass is 461 g/mol. The number of aromatic nitrogens is 3. The Morgan fingerprint density at radius 2 is 2.03 bits per heavy atom. The van der Waals surface area contributed by atoms with Crippen LogP contribution >= 0.6 is 0 Å². The number of rotatable bonds is 11. The van der Waals surface area contributed by atoms with Gasteiger partial charge in [0, 0.05) is 18.2 Å². The molecule has 0 saturated heterocycles. The Kier molecular flexibility index (Phi) is 8.31. The number of carbonyl (C=O) groups is 1. The Hall–Kier alpha value is -3.19. The lowest BCUT2D eigenvalue weighted by Crippen LogP contribution is -2.40. The molecule has 0 spiro atoms. The van der Waals surface area contributed by atoms with Crippen LogP contribution in [0.15, 0.2) is 54.9 Å². The maximum absolute atomic E-state index is 12.5. The minimum absolute atomic E-state index is 0.0339. The Labute approximate surface area is 202 Å². The van der Waals surface area contributed by atoms with E-state index in [-0.39, 0.29) is 5.91 Å². The summed E-state index contributed by atoms with van der Waals surface area (Å²) in [6.45, 7) is 5.13. The molecule has 1 aliphatic rings. The first-order valence-corrected chi connectivity index (χ1v) is 12.3. The highest BCUT2D eigenvalue weighted by Crippen LogP contribution is 2.31. The van der Waals surface area contributed by atoms with Crippen LogP contribution in [0.4, 0.5) is 0 Å². The van der Waals surface area contributed by atoms with Gasteiger partial charge >= 0.3 is 0 Å². The third-order valence-electron chi connectivity index (χ3n) is 6.63. The van der Waals surface area contributed by atoms with Crippen molar-refractivity contribution in [3.05, 3.63) is 71.5 Å². The number of nitrogens with zero attached hydrogens (tertiary/aromatic N) is 4. The fourth-order valence-corrected chi connectivity index (χ4v) is 4.88. The molecule has 0 bridgehead atoms. The largest absolute Gasteiger partial charge is 0.496 e. The molecular formula is C27H35N5O2. The second kappa shape index (κ2) is 11.8. The number of hydrogen-bond donors (Lipinski definition) is 1. The number of carbonyl (C=O) groups excluding carboxylic acids is 1. The molecule has 180 valence electrons. The quantitative estimate of drug-likeness (QED) is 0.436. The van der Waals surface area contributed by atoms with Crippen molar-refractivity contribution in [2.24, 2.45) is 0 Å². The lowest BCUT2D eigenvalue weighted by Gasteiger charge is -2.35. The van der Waals surface area contributed by atoms with Gasteiger partial charge in [-0.3, -0.25) is 4.79 Å². The van der Waals surface area contributed by atoms with E-state index < -0.39 is 0 Å². The fourth-order valence-electron chi connectivity index (χ4n) is 4.88. The van der Waals surface area contributed by atoms with Crippen LogP contribution in [0.2, 0.25) is 0 Å². The predicted molar refractivity (Wildman–Crippen MR) is 134 cm³/mol. The summed E-state index contributed by atoms with van der Waals surface area (Å²) in [7, 11) is 1.76. The van der Waals surface area contributed by atoms with Crippen molar-refractivity contribution in [2.75, 3.05) is 26.7 Å². The molecule has 1 aromatic heterocycles. The third kappa shape index (κ3) is 5.83. The van der Waals surface area contributed by atoms with Gasteiger partial charge in [-0.2, -0.15) is 0 Å². The zero-order valence-electron chi connectivity index (χ0n) is 20.2. The summed E-state index contributed by atoms with van der Waals surface area (Å²) < 4.78 is 7.24. The zero-order valence-corrected chi connectivity index (χ0v) is 20.2. The third-order valence-corrected chi connectivity index (χ3v) is 6.63. The number of ether oxygens (including phenoxy) is 1. The van der Waals surface area contributed by atoms with Gasteiger partial charge in [0.2, 0.25) is 0 Å². The van der Waals surface area contributed by atoms with Crippen LogP contribution in [0.3, 0.4) is 0 Å². The van der Waals surface area contributed by atoms with Gasteiger partial charge in [0.05, 0.1) is 25.2 Å². The second-order valence-corrected chi connectivity index (χ2v) is 8.89. The standard InChI is InChI=1S/C27H35N5O2/c1-3-17-31(24-13-14-25-22(20-24)7-6-8-26(25)34-2)18-5-4-15-28-27(33)21-9-11-23(12-10-21)32-19-16-29-30-32/h6-12,16,19,24H,3-5,13-15,17-18,20H2,1-2H3,(H,28,33). The average molecular weight is 462 g/mol. The van der Waals surface area contributed by atoms with Crippen molar-refractivity contribution in [1.82, 2.24) is 25.2 Å². The van der Waals surface area contributed by atoms with E-state index in [9.17, 15) is 4.79 Å². The maximum Gasteiger partial charge on any atom is 0.251 e. The fraction of sp³-hybridized carbons (Fsp3) is 0.444. The van der Waals surface area contributed by atoms with Crippen molar-refractivity contribution < 1.29 is 9.53 Å². The van der Waals surface area contributed by atoms with E-state index in [2.05, 4.69) is 45.7 Å². The SMILES string of the molecule is CCCN(CCCCNC(=O)c1ccc(-n2ccnn2)cc1)C1CCc2c(cccc2OC)C1. The molecule has 1 aliphatic carbocycles. The molecule has 0 fully saturated rings. The first kappa shape index (κ1) is 24.0. The summed E-state index contributed by atoms with van der Waals surface area (Å²) in [6, 6.07) is 14.4. The summed E-state index contributed by atoms with van der Waals surface area (Å²) in [5.41, 5.74) is 4.36. The molecule has 34 heavy (non-hydrogen) atoms. The number of unbranched alkanes of at least 4 members (excludes halogenated alkanes) is 1. The van der Waals surface area contributed by atoms with Gasteiger partial charge in [-0.1, -0.05) is 24.3 Å². The zero-order chi connectivity index (χ0) is 23.8. The van der Waals surface area contributed by atoms with Crippen LogP contribution in [-0.4, -0.2) is 58.6 Å². The summed E-state index contributed by atoms with van der Waals surface area (Å²) in [5, 5.41) is 10.8. The van der Waals surface area contributed by atoms with Crippen molar-refractivity contribution in [2.45, 2.75) is 51.5 Å². The number of hydrogen-bond acceptors (Lipinski definition) is 5. The number of amides is 1. The van der Waals surface area contributed by atoms with E-state index in [0.717, 1.165) is 56.6 Å². The molecule has 2 aromatic carbocycles. The maximum atomic E-state index is 12.5. The molecule has 1 amide bonds. The van der Waals surface area contributed by atoms with Gasteiger partial charge in [-0.15, -0.1) is 5.10 Å². The van der Waals surface area contributed by atoms with Crippen LogP contribution in [0.5, 0.6) is 5.75 Å². The highest BCUT2D eigenvalue weighted by molar-refractivity contribution is 5.94. The van der Waals surface area contributed by atoms with Gasteiger partial charge in [-0.25, -0.2) is 4.68 Å². The number of fused-ring (bicyclic) bond motifs is 1. The molecule has 0 saturated carbocycles. The molecule has 7 heteroatoms. The van der Waals surface area contributed by atoms with E-state index in [1.165, 1.54) is 17.5 Å². The highest BCUT2D eigenvalue weighted by Gasteiger charge is 2.25. The second-order valence-electron chi connectivity index (χ2n) is 8.89. The average Bonchev–Trinajstić information content (AvgIpc) is 3.42. The number of benzene rings is 2. The molecule has 1 atom stereocenters.